The standard InChI is InChI=1S/C20H27NO4/c1-24-19(22)12-8-3-2-7-11-16-17(21)13-14-18(16)25-20(23)15-9-5-4-6-10-15/h2,4-7,9-10,16-18H,3,8,11-14,21H2,1H3/b7-2-/t16-,17+,18+/m1/s1. The SMILES string of the molecule is COC(=O)CCC/C=C\C[C@H]1[C@@H](OC(=O)c2ccccc2)CC[C@@H]1N. The van der Waals surface area contributed by atoms with Crippen molar-refractivity contribution in [3.63, 3.8) is 0 Å². The van der Waals surface area contributed by atoms with Crippen LogP contribution >= 0.6 is 0 Å². The van der Waals surface area contributed by atoms with Crippen LogP contribution in [0.5, 0.6) is 0 Å². The fourth-order valence-electron chi connectivity index (χ4n) is 3.15. The molecule has 5 heteroatoms. The summed E-state index contributed by atoms with van der Waals surface area (Å²) in [5.41, 5.74) is 6.77. The lowest BCUT2D eigenvalue weighted by Gasteiger charge is -2.21. The Hall–Kier alpha value is -2.14. The molecule has 1 aromatic carbocycles. The molecule has 5 nitrogen and oxygen atoms in total. The van der Waals surface area contributed by atoms with Crippen LogP contribution in [0.2, 0.25) is 0 Å². The van der Waals surface area contributed by atoms with Crippen molar-refractivity contribution in [3.05, 3.63) is 48.0 Å². The Balaban J connectivity index is 1.79. The summed E-state index contributed by atoms with van der Waals surface area (Å²) in [6, 6.07) is 9.09. The number of allylic oxidation sites excluding steroid dienone is 2. The molecule has 1 saturated carbocycles. The zero-order valence-electron chi connectivity index (χ0n) is 14.7. The van der Waals surface area contributed by atoms with Crippen molar-refractivity contribution < 1.29 is 19.1 Å². The van der Waals surface area contributed by atoms with Crippen LogP contribution in [0.3, 0.4) is 0 Å². The number of benzene rings is 1. The van der Waals surface area contributed by atoms with Gasteiger partial charge in [0.05, 0.1) is 12.7 Å². The third-order valence-corrected chi connectivity index (χ3v) is 4.63. The molecular weight excluding hydrogens is 318 g/mol. The largest absolute Gasteiger partial charge is 0.469 e. The minimum Gasteiger partial charge on any atom is -0.469 e. The normalized spacial score (nSPS) is 22.9. The molecule has 1 fully saturated rings. The molecule has 0 heterocycles. The molecular formula is C20H27NO4. The summed E-state index contributed by atoms with van der Waals surface area (Å²) in [6.45, 7) is 0. The van der Waals surface area contributed by atoms with Gasteiger partial charge in [0.15, 0.2) is 0 Å². The van der Waals surface area contributed by atoms with E-state index in [2.05, 4.69) is 16.9 Å². The van der Waals surface area contributed by atoms with Crippen molar-refractivity contribution in [2.45, 2.75) is 50.7 Å². The number of hydrogen-bond donors (Lipinski definition) is 1. The van der Waals surface area contributed by atoms with Gasteiger partial charge in [-0.1, -0.05) is 30.4 Å². The lowest BCUT2D eigenvalue weighted by atomic mass is 9.97. The summed E-state index contributed by atoms with van der Waals surface area (Å²) >= 11 is 0. The van der Waals surface area contributed by atoms with E-state index in [9.17, 15) is 9.59 Å². The molecule has 25 heavy (non-hydrogen) atoms. The minimum absolute atomic E-state index is 0.0493. The van der Waals surface area contributed by atoms with Crippen molar-refractivity contribution in [3.8, 4) is 0 Å². The van der Waals surface area contributed by atoms with Crippen LogP contribution in [-0.2, 0) is 14.3 Å². The second-order valence-electron chi connectivity index (χ2n) is 6.39. The first-order chi connectivity index (χ1) is 12.1. The number of carbonyl (C=O) groups excluding carboxylic acids is 2. The van der Waals surface area contributed by atoms with Crippen molar-refractivity contribution in [1.29, 1.82) is 0 Å². The highest BCUT2D eigenvalue weighted by atomic mass is 16.5. The Morgan fingerprint density at radius 3 is 2.68 bits per heavy atom. The van der Waals surface area contributed by atoms with Crippen molar-refractivity contribution in [2.75, 3.05) is 7.11 Å². The molecule has 0 aliphatic heterocycles. The highest BCUT2D eigenvalue weighted by Crippen LogP contribution is 2.31. The second-order valence-corrected chi connectivity index (χ2v) is 6.39. The van der Waals surface area contributed by atoms with Gasteiger partial charge in [0, 0.05) is 18.4 Å². The quantitative estimate of drug-likeness (QED) is 0.444. The fraction of sp³-hybridized carbons (Fsp3) is 0.500. The molecule has 0 bridgehead atoms. The maximum atomic E-state index is 12.2. The number of hydrogen-bond acceptors (Lipinski definition) is 5. The summed E-state index contributed by atoms with van der Waals surface area (Å²) < 4.78 is 10.3. The monoisotopic (exact) mass is 345 g/mol. The predicted molar refractivity (Wildman–Crippen MR) is 96.0 cm³/mol. The molecule has 0 aromatic heterocycles. The molecule has 3 atom stereocenters. The molecule has 136 valence electrons. The molecule has 1 aliphatic rings. The number of carbonyl (C=O) groups is 2. The molecule has 0 unspecified atom stereocenters. The fourth-order valence-corrected chi connectivity index (χ4v) is 3.15. The number of esters is 2. The zero-order valence-corrected chi connectivity index (χ0v) is 14.7. The summed E-state index contributed by atoms with van der Waals surface area (Å²) in [6.07, 6.45) is 8.49. The van der Waals surface area contributed by atoms with Crippen LogP contribution in [0.15, 0.2) is 42.5 Å². The molecule has 1 aliphatic carbocycles. The van der Waals surface area contributed by atoms with Gasteiger partial charge in [0.2, 0.25) is 0 Å². The van der Waals surface area contributed by atoms with Gasteiger partial charge in [-0.15, -0.1) is 0 Å². The highest BCUT2D eigenvalue weighted by Gasteiger charge is 2.35. The van der Waals surface area contributed by atoms with E-state index in [1.165, 1.54) is 7.11 Å². The summed E-state index contributed by atoms with van der Waals surface area (Å²) in [7, 11) is 1.40. The van der Waals surface area contributed by atoms with E-state index in [0.717, 1.165) is 32.1 Å². The van der Waals surface area contributed by atoms with Gasteiger partial charge in [-0.05, 0) is 44.2 Å². The summed E-state index contributed by atoms with van der Waals surface area (Å²) in [5.74, 6) is -0.324. The maximum absolute atomic E-state index is 12.2. The minimum atomic E-state index is -0.285. The highest BCUT2D eigenvalue weighted by molar-refractivity contribution is 5.89. The van der Waals surface area contributed by atoms with E-state index < -0.39 is 0 Å². The van der Waals surface area contributed by atoms with Gasteiger partial charge in [0.25, 0.3) is 0 Å². The van der Waals surface area contributed by atoms with E-state index in [0.29, 0.717) is 12.0 Å². The second kappa shape index (κ2) is 9.99. The van der Waals surface area contributed by atoms with Gasteiger partial charge in [-0.3, -0.25) is 4.79 Å². The molecule has 2 rings (SSSR count). The van der Waals surface area contributed by atoms with Crippen LogP contribution in [-0.4, -0.2) is 31.2 Å². The predicted octanol–water partition coefficient (Wildman–Crippen LogP) is 3.24. The van der Waals surface area contributed by atoms with E-state index in [1.807, 2.05) is 18.2 Å². The third kappa shape index (κ3) is 6.02. The van der Waals surface area contributed by atoms with E-state index >= 15 is 0 Å². The molecule has 2 N–H and O–H groups in total. The van der Waals surface area contributed by atoms with Crippen molar-refractivity contribution in [1.82, 2.24) is 0 Å². The van der Waals surface area contributed by atoms with Crippen LogP contribution in [0, 0.1) is 5.92 Å². The van der Waals surface area contributed by atoms with E-state index in [4.69, 9.17) is 10.5 Å². The third-order valence-electron chi connectivity index (χ3n) is 4.63. The first kappa shape index (κ1) is 19.2. The lowest BCUT2D eigenvalue weighted by molar-refractivity contribution is -0.140. The van der Waals surface area contributed by atoms with Crippen molar-refractivity contribution >= 4 is 11.9 Å². The topological polar surface area (TPSA) is 78.6 Å². The van der Waals surface area contributed by atoms with Gasteiger partial charge in [0.1, 0.15) is 6.10 Å². The number of nitrogens with two attached hydrogens (primary N) is 1. The van der Waals surface area contributed by atoms with Gasteiger partial charge in [-0.25, -0.2) is 4.79 Å². The average Bonchev–Trinajstić information content (AvgIpc) is 2.98. The first-order valence-corrected chi connectivity index (χ1v) is 8.85. The van der Waals surface area contributed by atoms with E-state index in [-0.39, 0.29) is 30.0 Å². The van der Waals surface area contributed by atoms with Gasteiger partial charge < -0.3 is 15.2 Å². The molecule has 0 amide bonds. The smallest absolute Gasteiger partial charge is 0.338 e. The van der Waals surface area contributed by atoms with E-state index in [1.54, 1.807) is 12.1 Å². The Labute approximate surface area is 149 Å². The zero-order chi connectivity index (χ0) is 18.1. The molecule has 0 saturated heterocycles. The Morgan fingerprint density at radius 2 is 1.96 bits per heavy atom. The number of methoxy groups -OCH3 is 1. The summed E-state index contributed by atoms with van der Waals surface area (Å²) in [4.78, 5) is 23.3. The molecule has 0 radical (unpaired) electrons. The van der Waals surface area contributed by atoms with Crippen molar-refractivity contribution in [2.24, 2.45) is 11.7 Å². The molecule has 0 spiro atoms. The number of ether oxygens (including phenoxy) is 2. The van der Waals surface area contributed by atoms with Gasteiger partial charge >= 0.3 is 11.9 Å². The Kier molecular flexibility index (Phi) is 7.67. The Bertz CT molecular complexity index is 585. The van der Waals surface area contributed by atoms with Crippen LogP contribution < -0.4 is 5.73 Å². The molecule has 1 aromatic rings. The van der Waals surface area contributed by atoms with Gasteiger partial charge in [-0.2, -0.15) is 0 Å². The number of rotatable bonds is 8. The van der Waals surface area contributed by atoms with Crippen LogP contribution in [0.25, 0.3) is 0 Å². The van der Waals surface area contributed by atoms with Crippen LogP contribution in [0.4, 0.5) is 0 Å². The Morgan fingerprint density at radius 1 is 1.20 bits per heavy atom. The average molecular weight is 345 g/mol. The van der Waals surface area contributed by atoms with Crippen LogP contribution in [0.1, 0.15) is 48.9 Å². The lowest BCUT2D eigenvalue weighted by Crippen LogP contribution is -2.32. The summed E-state index contributed by atoms with van der Waals surface area (Å²) in [5, 5.41) is 0. The first-order valence-electron chi connectivity index (χ1n) is 8.85. The maximum Gasteiger partial charge on any atom is 0.338 e. The number of unbranched alkanes of at least 4 members (excludes halogenated alkanes) is 1.